The molecule has 0 radical (unpaired) electrons. The molecule has 1 fully saturated rings. The molecule has 1 aliphatic rings. The van der Waals surface area contributed by atoms with Gasteiger partial charge in [0.25, 0.3) is 0 Å². The number of rotatable bonds is 16. The summed E-state index contributed by atoms with van der Waals surface area (Å²) in [6, 6.07) is 14.8. The van der Waals surface area contributed by atoms with E-state index in [0.717, 1.165) is 74.4 Å². The van der Waals surface area contributed by atoms with E-state index in [2.05, 4.69) is 63.4 Å². The predicted molar refractivity (Wildman–Crippen MR) is 172 cm³/mol. The van der Waals surface area contributed by atoms with E-state index in [1.807, 2.05) is 6.07 Å². The summed E-state index contributed by atoms with van der Waals surface area (Å²) in [7, 11) is 5.29. The van der Waals surface area contributed by atoms with Gasteiger partial charge in [0.05, 0.1) is 13.2 Å². The fourth-order valence-corrected chi connectivity index (χ4v) is 4.81. The van der Waals surface area contributed by atoms with Crippen molar-refractivity contribution in [3.05, 3.63) is 53.6 Å². The number of benzene rings is 2. The number of aryl methyl sites for hydroxylation is 1. The lowest BCUT2D eigenvalue weighted by Gasteiger charge is -2.34. The van der Waals surface area contributed by atoms with Crippen LogP contribution in [0.4, 0.5) is 0 Å². The van der Waals surface area contributed by atoms with Crippen LogP contribution in [0.5, 0.6) is 5.75 Å². The smallest absolute Gasteiger partial charge is 0.236 e. The summed E-state index contributed by atoms with van der Waals surface area (Å²) in [5, 5.41) is 2.68. The molecule has 1 heterocycles. The average molecular weight is 595 g/mol. The first-order valence-electron chi connectivity index (χ1n) is 15.4. The van der Waals surface area contributed by atoms with Crippen LogP contribution in [-0.4, -0.2) is 106 Å². The Morgan fingerprint density at radius 1 is 0.977 bits per heavy atom. The Bertz CT molecular complexity index is 1180. The number of methoxy groups -OCH3 is 1. The van der Waals surface area contributed by atoms with Gasteiger partial charge < -0.3 is 20.1 Å². The third-order valence-corrected chi connectivity index (χ3v) is 7.49. The zero-order valence-electron chi connectivity index (χ0n) is 26.4. The third kappa shape index (κ3) is 12.0. The minimum Gasteiger partial charge on any atom is -0.493 e. The van der Waals surface area contributed by atoms with Gasteiger partial charge >= 0.3 is 0 Å². The first kappa shape index (κ1) is 34.0. The zero-order chi connectivity index (χ0) is 31.0. The zero-order valence-corrected chi connectivity index (χ0v) is 26.4. The number of likely N-dealkylation sites (N-methyl/N-ethyl adjacent to an activating group) is 1. The number of ether oxygens (including phenoxy) is 2. The first-order valence-corrected chi connectivity index (χ1v) is 15.4. The van der Waals surface area contributed by atoms with Crippen LogP contribution in [-0.2, 0) is 27.3 Å². The highest BCUT2D eigenvalue weighted by Gasteiger charge is 2.20. The second-order valence-electron chi connectivity index (χ2n) is 11.2. The Morgan fingerprint density at radius 2 is 1.67 bits per heavy atom. The van der Waals surface area contributed by atoms with Crippen molar-refractivity contribution in [2.45, 2.75) is 45.6 Å². The lowest BCUT2D eigenvalue weighted by molar-refractivity contribution is -0.130. The van der Waals surface area contributed by atoms with Gasteiger partial charge in [0.2, 0.25) is 11.8 Å². The Balaban J connectivity index is 1.60. The molecule has 10 nitrogen and oxygen atoms in total. The van der Waals surface area contributed by atoms with Crippen LogP contribution in [0.25, 0.3) is 11.1 Å². The van der Waals surface area contributed by atoms with Gasteiger partial charge in [-0.05, 0) is 35.6 Å². The number of nitrogens with zero attached hydrogens (tertiary/aromatic N) is 4. The summed E-state index contributed by atoms with van der Waals surface area (Å²) in [6.45, 7) is 8.93. The SMILES string of the molecule is CCCCN=C(N)NC(=O)CCc1ccc(-c2ccc(CN3CCN(CC(=O)N(C)C)CC3)cc2)c(OCCCOC)c1. The van der Waals surface area contributed by atoms with E-state index in [9.17, 15) is 9.59 Å². The summed E-state index contributed by atoms with van der Waals surface area (Å²) < 4.78 is 11.4. The predicted octanol–water partition coefficient (Wildman–Crippen LogP) is 3.14. The van der Waals surface area contributed by atoms with Crippen molar-refractivity contribution in [3.63, 3.8) is 0 Å². The van der Waals surface area contributed by atoms with E-state index < -0.39 is 0 Å². The maximum absolute atomic E-state index is 12.4. The van der Waals surface area contributed by atoms with E-state index in [0.29, 0.717) is 39.1 Å². The molecule has 43 heavy (non-hydrogen) atoms. The molecule has 0 bridgehead atoms. The van der Waals surface area contributed by atoms with Gasteiger partial charge in [-0.1, -0.05) is 49.7 Å². The lowest BCUT2D eigenvalue weighted by Crippen LogP contribution is -2.48. The van der Waals surface area contributed by atoms with Crippen LogP contribution in [0.3, 0.4) is 0 Å². The molecule has 1 saturated heterocycles. The fraction of sp³-hybridized carbons (Fsp3) is 0.545. The first-order chi connectivity index (χ1) is 20.8. The molecule has 2 aromatic carbocycles. The Kier molecular flexibility index (Phi) is 14.4. The molecular formula is C33H50N6O4. The Hall–Kier alpha value is -3.47. The summed E-state index contributed by atoms with van der Waals surface area (Å²) in [5.74, 6) is 0.977. The molecule has 236 valence electrons. The van der Waals surface area contributed by atoms with Crippen LogP contribution in [0.15, 0.2) is 47.5 Å². The van der Waals surface area contributed by atoms with Crippen molar-refractivity contribution in [2.75, 3.05) is 73.7 Å². The van der Waals surface area contributed by atoms with Crippen molar-refractivity contribution in [1.82, 2.24) is 20.0 Å². The molecule has 0 spiro atoms. The topological polar surface area (TPSA) is 113 Å². The Labute approximate surface area is 257 Å². The van der Waals surface area contributed by atoms with Crippen LogP contribution >= 0.6 is 0 Å². The molecule has 10 heteroatoms. The fourth-order valence-electron chi connectivity index (χ4n) is 4.81. The molecule has 3 rings (SSSR count). The lowest BCUT2D eigenvalue weighted by atomic mass is 9.99. The molecule has 2 aromatic rings. The molecule has 0 unspecified atom stereocenters. The summed E-state index contributed by atoms with van der Waals surface area (Å²) in [6.07, 6.45) is 3.63. The molecule has 1 aliphatic heterocycles. The maximum Gasteiger partial charge on any atom is 0.236 e. The second-order valence-corrected chi connectivity index (χ2v) is 11.2. The van der Waals surface area contributed by atoms with Gasteiger partial charge in [0.1, 0.15) is 5.75 Å². The molecule has 0 atom stereocenters. The number of carbonyl (C=O) groups excluding carboxylic acids is 2. The highest BCUT2D eigenvalue weighted by atomic mass is 16.5. The van der Waals surface area contributed by atoms with Crippen molar-refractivity contribution >= 4 is 17.8 Å². The van der Waals surface area contributed by atoms with Gasteiger partial charge in [0, 0.05) is 85.5 Å². The van der Waals surface area contributed by atoms with Crippen molar-refractivity contribution < 1.29 is 19.1 Å². The normalized spacial score (nSPS) is 14.5. The minimum absolute atomic E-state index is 0.150. The van der Waals surface area contributed by atoms with Gasteiger partial charge in [-0.15, -0.1) is 0 Å². The molecular weight excluding hydrogens is 544 g/mol. The van der Waals surface area contributed by atoms with Gasteiger partial charge in [-0.25, -0.2) is 0 Å². The summed E-state index contributed by atoms with van der Waals surface area (Å²) in [5.41, 5.74) is 10.2. The number of hydrogen-bond acceptors (Lipinski definition) is 7. The molecule has 0 aromatic heterocycles. The molecule has 3 N–H and O–H groups in total. The average Bonchev–Trinajstić information content (AvgIpc) is 3.00. The number of amides is 2. The molecule has 0 aliphatic carbocycles. The molecule has 0 saturated carbocycles. The van der Waals surface area contributed by atoms with Crippen molar-refractivity contribution in [3.8, 4) is 16.9 Å². The van der Waals surface area contributed by atoms with E-state index in [4.69, 9.17) is 15.2 Å². The van der Waals surface area contributed by atoms with Gasteiger partial charge in [-0.3, -0.25) is 29.7 Å². The monoisotopic (exact) mass is 594 g/mol. The number of guanidine groups is 1. The van der Waals surface area contributed by atoms with Crippen LogP contribution in [0.2, 0.25) is 0 Å². The minimum atomic E-state index is -0.150. The summed E-state index contributed by atoms with van der Waals surface area (Å²) >= 11 is 0. The van der Waals surface area contributed by atoms with Crippen LogP contribution in [0.1, 0.15) is 43.7 Å². The van der Waals surface area contributed by atoms with Crippen molar-refractivity contribution in [2.24, 2.45) is 10.7 Å². The largest absolute Gasteiger partial charge is 0.493 e. The number of carbonyl (C=O) groups is 2. The number of unbranched alkanes of at least 4 members (excludes halogenated alkanes) is 1. The van der Waals surface area contributed by atoms with Gasteiger partial charge in [-0.2, -0.15) is 0 Å². The second kappa shape index (κ2) is 18.3. The van der Waals surface area contributed by atoms with E-state index >= 15 is 0 Å². The number of piperazine rings is 1. The number of aliphatic imine (C=N–C) groups is 1. The van der Waals surface area contributed by atoms with Gasteiger partial charge in [0.15, 0.2) is 5.96 Å². The quantitative estimate of drug-likeness (QED) is 0.174. The van der Waals surface area contributed by atoms with E-state index in [1.165, 1.54) is 5.56 Å². The Morgan fingerprint density at radius 3 is 2.35 bits per heavy atom. The number of hydrogen-bond donors (Lipinski definition) is 2. The summed E-state index contributed by atoms with van der Waals surface area (Å²) in [4.78, 5) is 34.9. The number of nitrogens with two attached hydrogens (primary N) is 1. The van der Waals surface area contributed by atoms with Crippen molar-refractivity contribution in [1.29, 1.82) is 0 Å². The third-order valence-electron chi connectivity index (χ3n) is 7.49. The van der Waals surface area contributed by atoms with Crippen LogP contribution < -0.4 is 15.8 Å². The number of nitrogens with one attached hydrogen (secondary N) is 1. The highest BCUT2D eigenvalue weighted by Crippen LogP contribution is 2.32. The standard InChI is InChI=1S/C33H50N6O4/c1-5-6-16-35-33(34)36-31(40)15-11-26-10-14-29(30(23-26)43-22-7-21-42-4)28-12-8-27(9-13-28)24-38-17-19-39(20-18-38)25-32(41)37(2)3/h8-10,12-14,23H,5-7,11,15-22,24-25H2,1-4H3,(H3,34,35,36,40). The molecule has 2 amide bonds. The maximum atomic E-state index is 12.4. The van der Waals surface area contributed by atoms with E-state index in [1.54, 1.807) is 26.1 Å². The highest BCUT2D eigenvalue weighted by molar-refractivity contribution is 5.96. The van der Waals surface area contributed by atoms with Crippen LogP contribution in [0, 0.1) is 0 Å². The van der Waals surface area contributed by atoms with E-state index in [-0.39, 0.29) is 17.8 Å².